The summed E-state index contributed by atoms with van der Waals surface area (Å²) in [5.41, 5.74) is 3.60. The molecule has 2 aromatic carbocycles. The number of aromatic nitrogens is 5. The summed E-state index contributed by atoms with van der Waals surface area (Å²) in [6.45, 7) is 6.31. The molecule has 0 bridgehead atoms. The Morgan fingerprint density at radius 2 is 1.94 bits per heavy atom. The van der Waals surface area contributed by atoms with Gasteiger partial charge in [0.2, 0.25) is 5.78 Å². The first kappa shape index (κ1) is 20.0. The molecule has 0 aliphatic rings. The van der Waals surface area contributed by atoms with Crippen LogP contribution in [0.25, 0.3) is 22.4 Å². The average Bonchev–Trinajstić information content (AvgIpc) is 3.40. The van der Waals surface area contributed by atoms with Crippen LogP contribution in [0.5, 0.6) is 0 Å². The van der Waals surface area contributed by atoms with Crippen LogP contribution in [0.1, 0.15) is 36.0 Å². The van der Waals surface area contributed by atoms with Gasteiger partial charge in [0, 0.05) is 17.1 Å². The predicted octanol–water partition coefficient (Wildman–Crippen LogP) is 5.21. The Bertz CT molecular complexity index is 1460. The van der Waals surface area contributed by atoms with E-state index in [9.17, 15) is 4.79 Å². The lowest BCUT2D eigenvalue weighted by molar-refractivity contribution is 0.846. The van der Waals surface area contributed by atoms with E-state index in [0.29, 0.717) is 22.8 Å². The first-order valence-corrected chi connectivity index (χ1v) is 11.9. The first-order valence-electron chi connectivity index (χ1n) is 10.1. The zero-order chi connectivity index (χ0) is 21.5. The summed E-state index contributed by atoms with van der Waals surface area (Å²) in [5.74, 6) is 1.63. The lowest BCUT2D eigenvalue weighted by Gasteiger charge is -2.11. The summed E-state index contributed by atoms with van der Waals surface area (Å²) in [5, 5.41) is 13.5. The molecule has 6 nitrogen and oxygen atoms in total. The van der Waals surface area contributed by atoms with Gasteiger partial charge in [-0.05, 0) is 36.8 Å². The van der Waals surface area contributed by atoms with Gasteiger partial charge in [0.15, 0.2) is 5.16 Å². The van der Waals surface area contributed by atoms with E-state index in [1.807, 2.05) is 59.9 Å². The van der Waals surface area contributed by atoms with E-state index in [1.54, 1.807) is 27.7 Å². The largest absolute Gasteiger partial charge is 0.268 e. The van der Waals surface area contributed by atoms with Gasteiger partial charge in [0.25, 0.3) is 5.56 Å². The molecule has 0 saturated heterocycles. The minimum Gasteiger partial charge on any atom is -0.268 e. The van der Waals surface area contributed by atoms with Gasteiger partial charge >= 0.3 is 0 Å². The molecule has 31 heavy (non-hydrogen) atoms. The fourth-order valence-corrected chi connectivity index (χ4v) is 5.34. The van der Waals surface area contributed by atoms with Gasteiger partial charge in [-0.25, -0.2) is 9.55 Å². The Hall–Kier alpha value is -2.97. The van der Waals surface area contributed by atoms with E-state index in [0.717, 1.165) is 32.6 Å². The number of fused-ring (bicyclic) bond motifs is 3. The van der Waals surface area contributed by atoms with Crippen molar-refractivity contribution in [2.45, 2.75) is 37.6 Å². The summed E-state index contributed by atoms with van der Waals surface area (Å²) in [7, 11) is 0. The molecule has 3 aromatic heterocycles. The van der Waals surface area contributed by atoms with Crippen molar-refractivity contribution >= 4 is 39.8 Å². The van der Waals surface area contributed by atoms with Crippen LogP contribution in [0.3, 0.4) is 0 Å². The Labute approximate surface area is 187 Å². The maximum Gasteiger partial charge on any atom is 0.267 e. The summed E-state index contributed by atoms with van der Waals surface area (Å²) in [6.07, 6.45) is 0. The molecule has 0 unspecified atom stereocenters. The highest BCUT2D eigenvalue weighted by atomic mass is 32.2. The van der Waals surface area contributed by atoms with Gasteiger partial charge in [-0.1, -0.05) is 49.9 Å². The molecule has 0 atom stereocenters. The zero-order valence-electron chi connectivity index (χ0n) is 17.4. The monoisotopic (exact) mass is 447 g/mol. The van der Waals surface area contributed by atoms with E-state index in [4.69, 9.17) is 4.98 Å². The molecule has 0 N–H and O–H groups in total. The number of thiazole rings is 1. The van der Waals surface area contributed by atoms with Crippen LogP contribution in [-0.2, 0) is 5.75 Å². The maximum absolute atomic E-state index is 13.4. The minimum atomic E-state index is -0.0984. The number of aryl methyl sites for hydroxylation is 1. The highest BCUT2D eigenvalue weighted by molar-refractivity contribution is 7.98. The molecule has 0 aliphatic heterocycles. The maximum atomic E-state index is 13.4. The third kappa shape index (κ3) is 3.55. The lowest BCUT2D eigenvalue weighted by atomic mass is 10.2. The van der Waals surface area contributed by atoms with Gasteiger partial charge in [0.1, 0.15) is 0 Å². The summed E-state index contributed by atoms with van der Waals surface area (Å²) < 4.78 is 3.62. The van der Waals surface area contributed by atoms with E-state index in [2.05, 4.69) is 29.4 Å². The molecule has 156 valence electrons. The second kappa shape index (κ2) is 7.94. The average molecular weight is 448 g/mol. The molecule has 5 rings (SSSR count). The quantitative estimate of drug-likeness (QED) is 0.346. The Balaban J connectivity index is 1.66. The van der Waals surface area contributed by atoms with Crippen molar-refractivity contribution in [2.24, 2.45) is 0 Å². The topological polar surface area (TPSA) is 65.1 Å². The van der Waals surface area contributed by atoms with Crippen LogP contribution in [0.2, 0.25) is 0 Å². The van der Waals surface area contributed by atoms with Crippen molar-refractivity contribution in [1.29, 1.82) is 0 Å². The molecule has 0 aliphatic carbocycles. The van der Waals surface area contributed by atoms with Crippen molar-refractivity contribution in [3.8, 4) is 5.69 Å². The lowest BCUT2D eigenvalue weighted by Crippen LogP contribution is -2.21. The fourth-order valence-electron chi connectivity index (χ4n) is 3.56. The van der Waals surface area contributed by atoms with Crippen LogP contribution >= 0.6 is 23.1 Å². The van der Waals surface area contributed by atoms with Crippen LogP contribution in [0.15, 0.2) is 63.9 Å². The van der Waals surface area contributed by atoms with Gasteiger partial charge in [-0.3, -0.25) is 9.20 Å². The molecule has 3 heterocycles. The number of benzene rings is 2. The van der Waals surface area contributed by atoms with Gasteiger partial charge in [-0.2, -0.15) is 0 Å². The van der Waals surface area contributed by atoms with E-state index >= 15 is 0 Å². The minimum absolute atomic E-state index is 0.0984. The van der Waals surface area contributed by atoms with Crippen LogP contribution in [0.4, 0.5) is 0 Å². The number of nitrogens with zero attached hydrogens (tertiary/aromatic N) is 5. The van der Waals surface area contributed by atoms with Gasteiger partial charge < -0.3 is 0 Å². The molecule has 8 heteroatoms. The van der Waals surface area contributed by atoms with Crippen molar-refractivity contribution in [2.75, 3.05) is 0 Å². The Morgan fingerprint density at radius 3 is 2.71 bits per heavy atom. The van der Waals surface area contributed by atoms with Crippen molar-refractivity contribution in [1.82, 2.24) is 24.1 Å². The summed E-state index contributed by atoms with van der Waals surface area (Å²) >= 11 is 3.27. The highest BCUT2D eigenvalue weighted by Gasteiger charge is 2.18. The number of hydrogen-bond donors (Lipinski definition) is 0. The normalized spacial score (nSPS) is 11.7. The number of thioether (sulfide) groups is 1. The molecule has 0 spiro atoms. The third-order valence-corrected chi connectivity index (χ3v) is 7.22. The molecule has 0 amide bonds. The van der Waals surface area contributed by atoms with Crippen molar-refractivity contribution in [3.63, 3.8) is 0 Å². The second-order valence-corrected chi connectivity index (χ2v) is 9.57. The molecular formula is C23H21N5OS2. The van der Waals surface area contributed by atoms with Crippen LogP contribution < -0.4 is 5.56 Å². The molecule has 5 aromatic rings. The zero-order valence-corrected chi connectivity index (χ0v) is 19.1. The van der Waals surface area contributed by atoms with E-state index in [-0.39, 0.29) is 5.56 Å². The SMILES string of the molecule is Cc1cccc(-n2c(=O)c3ccccc3n3c(SCc4csc(C(C)C)n4)nnc23)c1. The third-order valence-electron chi connectivity index (χ3n) is 5.07. The van der Waals surface area contributed by atoms with Gasteiger partial charge in [0.05, 0.1) is 27.3 Å². The van der Waals surface area contributed by atoms with Crippen LogP contribution in [-0.4, -0.2) is 24.1 Å². The molecular weight excluding hydrogens is 426 g/mol. The van der Waals surface area contributed by atoms with Crippen molar-refractivity contribution < 1.29 is 0 Å². The number of hydrogen-bond acceptors (Lipinski definition) is 6. The predicted molar refractivity (Wildman–Crippen MR) is 127 cm³/mol. The summed E-state index contributed by atoms with van der Waals surface area (Å²) in [6, 6.07) is 15.5. The Kier molecular flexibility index (Phi) is 5.11. The molecule has 0 saturated carbocycles. The van der Waals surface area contributed by atoms with Crippen molar-refractivity contribution in [3.05, 3.63) is 80.5 Å². The standard InChI is InChI=1S/C23H21N5OS2/c1-14(2)20-24-16(12-30-20)13-31-23-26-25-22-27(17-8-6-7-15(3)11-17)21(29)18-9-4-5-10-19(18)28(22)23/h4-12,14H,13H2,1-3H3. The second-order valence-electron chi connectivity index (χ2n) is 7.74. The fraction of sp³-hybridized carbons (Fsp3) is 0.217. The highest BCUT2D eigenvalue weighted by Crippen LogP contribution is 2.27. The number of rotatable bonds is 5. The summed E-state index contributed by atoms with van der Waals surface area (Å²) in [4.78, 5) is 18.1. The van der Waals surface area contributed by atoms with E-state index < -0.39 is 0 Å². The molecule has 0 fully saturated rings. The Morgan fingerprint density at radius 1 is 1.10 bits per heavy atom. The first-order chi connectivity index (χ1) is 15.0. The van der Waals surface area contributed by atoms with Gasteiger partial charge in [-0.15, -0.1) is 21.5 Å². The number of para-hydroxylation sites is 1. The smallest absolute Gasteiger partial charge is 0.267 e. The van der Waals surface area contributed by atoms with E-state index in [1.165, 1.54) is 0 Å². The molecule has 0 radical (unpaired) electrons. The van der Waals surface area contributed by atoms with Crippen LogP contribution in [0, 0.1) is 6.92 Å².